The fourth-order valence-electron chi connectivity index (χ4n) is 3.55. The van der Waals surface area contributed by atoms with Crippen molar-refractivity contribution in [3.05, 3.63) is 65.7 Å². The summed E-state index contributed by atoms with van der Waals surface area (Å²) in [6.45, 7) is 3.90. The summed E-state index contributed by atoms with van der Waals surface area (Å²) in [6, 6.07) is 15.9. The number of hydrogen-bond acceptors (Lipinski definition) is 4. The number of nitrogens with two attached hydrogens (primary N) is 1. The molecular weight excluding hydrogens is 366 g/mol. The van der Waals surface area contributed by atoms with Gasteiger partial charge in [0, 0.05) is 17.7 Å². The third-order valence-electron chi connectivity index (χ3n) is 5.11. The van der Waals surface area contributed by atoms with Gasteiger partial charge in [-0.3, -0.25) is 9.59 Å². The maximum absolute atomic E-state index is 12.9. The van der Waals surface area contributed by atoms with Crippen LogP contribution in [0.2, 0.25) is 0 Å². The lowest BCUT2D eigenvalue weighted by atomic mass is 10.1. The predicted octanol–water partition coefficient (Wildman–Crippen LogP) is 2.90. The Morgan fingerprint density at radius 3 is 2.52 bits per heavy atom. The van der Waals surface area contributed by atoms with Crippen LogP contribution in [0.3, 0.4) is 0 Å². The molecule has 2 aromatic rings. The third-order valence-corrected chi connectivity index (χ3v) is 5.11. The topological polar surface area (TPSA) is 84.7 Å². The minimum Gasteiger partial charge on any atom is -0.476 e. The van der Waals surface area contributed by atoms with Crippen molar-refractivity contribution in [2.45, 2.75) is 31.8 Å². The number of rotatable bonds is 9. The number of likely N-dealkylation sites (tertiary alicyclic amines) is 1. The summed E-state index contributed by atoms with van der Waals surface area (Å²) in [4.78, 5) is 26.8. The van der Waals surface area contributed by atoms with Crippen LogP contribution in [0, 0.1) is 0 Å². The van der Waals surface area contributed by atoms with Crippen molar-refractivity contribution in [3.8, 4) is 5.75 Å². The Morgan fingerprint density at radius 1 is 1.03 bits per heavy atom. The second-order valence-corrected chi connectivity index (χ2v) is 7.35. The first-order chi connectivity index (χ1) is 14.1. The SMILES string of the molecule is NC(=O)c1cccc(OC(C(=O)NCCCN2CCCCC2)c2ccccc2)c1. The predicted molar refractivity (Wildman–Crippen MR) is 113 cm³/mol. The number of nitrogens with zero attached hydrogens (tertiary/aromatic N) is 1. The fourth-order valence-corrected chi connectivity index (χ4v) is 3.55. The average molecular weight is 396 g/mol. The summed E-state index contributed by atoms with van der Waals surface area (Å²) in [5, 5.41) is 3.00. The van der Waals surface area contributed by atoms with E-state index in [9.17, 15) is 9.59 Å². The van der Waals surface area contributed by atoms with Gasteiger partial charge in [-0.15, -0.1) is 0 Å². The molecule has 0 bridgehead atoms. The Hall–Kier alpha value is -2.86. The molecule has 3 N–H and O–H groups in total. The van der Waals surface area contributed by atoms with Crippen molar-refractivity contribution in [1.29, 1.82) is 0 Å². The van der Waals surface area contributed by atoms with E-state index in [-0.39, 0.29) is 5.91 Å². The van der Waals surface area contributed by atoms with Gasteiger partial charge in [-0.05, 0) is 57.1 Å². The summed E-state index contributed by atoms with van der Waals surface area (Å²) >= 11 is 0. The Kier molecular flexibility index (Phi) is 7.64. The van der Waals surface area contributed by atoms with E-state index in [1.165, 1.54) is 19.3 Å². The molecule has 1 fully saturated rings. The Bertz CT molecular complexity index is 804. The highest BCUT2D eigenvalue weighted by Gasteiger charge is 2.22. The number of amides is 2. The van der Waals surface area contributed by atoms with Crippen molar-refractivity contribution < 1.29 is 14.3 Å². The summed E-state index contributed by atoms with van der Waals surface area (Å²) in [6.07, 6.45) is 3.96. The smallest absolute Gasteiger partial charge is 0.265 e. The summed E-state index contributed by atoms with van der Waals surface area (Å²) < 4.78 is 5.97. The molecule has 0 radical (unpaired) electrons. The van der Waals surface area contributed by atoms with Crippen LogP contribution < -0.4 is 15.8 Å². The standard InChI is InChI=1S/C23H29N3O3/c24-22(27)19-11-7-12-20(17-19)29-21(18-9-3-1-4-10-18)23(28)25-13-8-16-26-14-5-2-6-15-26/h1,3-4,7,9-12,17,21H,2,5-6,8,13-16H2,(H2,24,27)(H,25,28). The van der Waals surface area contributed by atoms with Gasteiger partial charge >= 0.3 is 0 Å². The molecule has 1 heterocycles. The number of ether oxygens (including phenoxy) is 1. The normalized spacial score (nSPS) is 15.4. The van der Waals surface area contributed by atoms with E-state index in [1.807, 2.05) is 30.3 Å². The molecule has 2 amide bonds. The molecule has 154 valence electrons. The lowest BCUT2D eigenvalue weighted by Crippen LogP contribution is -2.36. The Balaban J connectivity index is 1.61. The zero-order valence-corrected chi connectivity index (χ0v) is 16.7. The minimum absolute atomic E-state index is 0.195. The number of piperidine rings is 1. The van der Waals surface area contributed by atoms with Crippen molar-refractivity contribution in [2.24, 2.45) is 5.73 Å². The van der Waals surface area contributed by atoms with Gasteiger partial charge in [0.1, 0.15) is 5.75 Å². The molecule has 0 spiro atoms. The quantitative estimate of drug-likeness (QED) is 0.640. The van der Waals surface area contributed by atoms with E-state index in [4.69, 9.17) is 10.5 Å². The Morgan fingerprint density at radius 2 is 1.79 bits per heavy atom. The highest BCUT2D eigenvalue weighted by molar-refractivity contribution is 5.93. The van der Waals surface area contributed by atoms with Gasteiger partial charge in [0.25, 0.3) is 5.91 Å². The van der Waals surface area contributed by atoms with Crippen LogP contribution in [0.1, 0.15) is 47.7 Å². The molecule has 0 aromatic heterocycles. The van der Waals surface area contributed by atoms with E-state index in [2.05, 4.69) is 10.2 Å². The first kappa shape index (κ1) is 20.9. The van der Waals surface area contributed by atoms with Crippen molar-refractivity contribution in [2.75, 3.05) is 26.2 Å². The van der Waals surface area contributed by atoms with Gasteiger partial charge in [0.05, 0.1) is 0 Å². The van der Waals surface area contributed by atoms with Crippen LogP contribution in [0.25, 0.3) is 0 Å². The van der Waals surface area contributed by atoms with Gasteiger partial charge in [-0.1, -0.05) is 42.8 Å². The van der Waals surface area contributed by atoms with Crippen LogP contribution in [-0.2, 0) is 4.79 Å². The second kappa shape index (κ2) is 10.6. The first-order valence-corrected chi connectivity index (χ1v) is 10.2. The Labute approximate surface area is 172 Å². The van der Waals surface area contributed by atoms with Gasteiger partial charge in [-0.25, -0.2) is 0 Å². The maximum atomic E-state index is 12.9. The van der Waals surface area contributed by atoms with Gasteiger partial charge < -0.3 is 20.7 Å². The maximum Gasteiger partial charge on any atom is 0.265 e. The van der Waals surface area contributed by atoms with E-state index >= 15 is 0 Å². The van der Waals surface area contributed by atoms with E-state index in [0.29, 0.717) is 17.9 Å². The van der Waals surface area contributed by atoms with Crippen LogP contribution in [0.4, 0.5) is 0 Å². The van der Waals surface area contributed by atoms with Crippen molar-refractivity contribution in [1.82, 2.24) is 10.2 Å². The van der Waals surface area contributed by atoms with Crippen LogP contribution in [-0.4, -0.2) is 42.9 Å². The van der Waals surface area contributed by atoms with Gasteiger partial charge in [-0.2, -0.15) is 0 Å². The van der Waals surface area contributed by atoms with E-state index in [1.54, 1.807) is 24.3 Å². The van der Waals surface area contributed by atoms with Crippen LogP contribution in [0.15, 0.2) is 54.6 Å². The third kappa shape index (κ3) is 6.32. The molecule has 1 aliphatic rings. The van der Waals surface area contributed by atoms with E-state index in [0.717, 1.165) is 31.6 Å². The minimum atomic E-state index is -0.797. The first-order valence-electron chi connectivity index (χ1n) is 10.2. The largest absolute Gasteiger partial charge is 0.476 e. The highest BCUT2D eigenvalue weighted by Crippen LogP contribution is 2.23. The fraction of sp³-hybridized carbons (Fsp3) is 0.391. The number of primary amides is 1. The molecule has 1 unspecified atom stereocenters. The van der Waals surface area contributed by atoms with Crippen LogP contribution >= 0.6 is 0 Å². The van der Waals surface area contributed by atoms with Crippen LogP contribution in [0.5, 0.6) is 5.75 Å². The summed E-state index contributed by atoms with van der Waals surface area (Å²) in [7, 11) is 0. The lowest BCUT2D eigenvalue weighted by Gasteiger charge is -2.26. The number of carbonyl (C=O) groups is 2. The lowest BCUT2D eigenvalue weighted by molar-refractivity contribution is -0.128. The van der Waals surface area contributed by atoms with Gasteiger partial charge in [0.15, 0.2) is 0 Å². The average Bonchev–Trinajstić information content (AvgIpc) is 2.76. The summed E-state index contributed by atoms with van der Waals surface area (Å²) in [5.41, 5.74) is 6.45. The van der Waals surface area contributed by atoms with E-state index < -0.39 is 12.0 Å². The summed E-state index contributed by atoms with van der Waals surface area (Å²) in [5.74, 6) is -0.299. The molecule has 1 aliphatic heterocycles. The molecule has 0 saturated carbocycles. The molecule has 0 aliphatic carbocycles. The van der Waals surface area contributed by atoms with Crippen molar-refractivity contribution >= 4 is 11.8 Å². The molecular formula is C23H29N3O3. The number of benzene rings is 2. The van der Waals surface area contributed by atoms with Gasteiger partial charge in [0.2, 0.25) is 12.0 Å². The second-order valence-electron chi connectivity index (χ2n) is 7.35. The molecule has 6 nitrogen and oxygen atoms in total. The zero-order chi connectivity index (χ0) is 20.5. The molecule has 29 heavy (non-hydrogen) atoms. The monoisotopic (exact) mass is 395 g/mol. The number of hydrogen-bond donors (Lipinski definition) is 2. The number of carbonyl (C=O) groups excluding carboxylic acids is 2. The zero-order valence-electron chi connectivity index (χ0n) is 16.7. The highest BCUT2D eigenvalue weighted by atomic mass is 16.5. The molecule has 1 atom stereocenters. The van der Waals surface area contributed by atoms with Crippen molar-refractivity contribution in [3.63, 3.8) is 0 Å². The number of nitrogens with one attached hydrogen (secondary N) is 1. The molecule has 3 rings (SSSR count). The molecule has 6 heteroatoms. The molecule has 2 aromatic carbocycles. The molecule has 1 saturated heterocycles.